The molecule has 1 N–H and O–H groups in total. The smallest absolute Gasteiger partial charge is 0.461 e. The van der Waals surface area contributed by atoms with Crippen LogP contribution in [-0.2, 0) is 4.79 Å². The molecule has 1 aromatic rings. The number of quaternary nitrogens is 1. The van der Waals surface area contributed by atoms with Gasteiger partial charge in [0.1, 0.15) is 6.04 Å². The van der Waals surface area contributed by atoms with E-state index in [-0.39, 0.29) is 30.6 Å². The van der Waals surface area contributed by atoms with Crippen molar-refractivity contribution in [1.29, 1.82) is 0 Å². The molecule has 0 radical (unpaired) electrons. The number of furan rings is 1. The fourth-order valence-corrected chi connectivity index (χ4v) is 3.32. The van der Waals surface area contributed by atoms with Crippen molar-refractivity contribution in [2.24, 2.45) is 0 Å². The number of alkyl halides is 1. The van der Waals surface area contributed by atoms with Gasteiger partial charge in [0.2, 0.25) is 5.78 Å². The Hall–Kier alpha value is -1.47. The zero-order chi connectivity index (χ0) is 15.6. The van der Waals surface area contributed by atoms with Gasteiger partial charge in [0.15, 0.2) is 5.76 Å². The highest BCUT2D eigenvalue weighted by atomic mass is 79.9. The molecule has 0 aromatic carbocycles. The van der Waals surface area contributed by atoms with Crippen molar-refractivity contribution in [3.63, 3.8) is 0 Å². The molecule has 0 spiro atoms. The van der Waals surface area contributed by atoms with Crippen molar-refractivity contribution in [2.75, 3.05) is 6.54 Å². The Labute approximate surface area is 130 Å². The summed E-state index contributed by atoms with van der Waals surface area (Å²) < 4.78 is 4.42. The van der Waals surface area contributed by atoms with Gasteiger partial charge < -0.3 is 9.52 Å². The van der Waals surface area contributed by atoms with E-state index in [2.05, 4.69) is 15.9 Å². The van der Waals surface area contributed by atoms with Crippen molar-refractivity contribution in [1.82, 2.24) is 0 Å². The molecule has 1 saturated heterocycles. The van der Waals surface area contributed by atoms with Gasteiger partial charge in [0.25, 0.3) is 0 Å². The van der Waals surface area contributed by atoms with Crippen molar-refractivity contribution in [2.45, 2.75) is 37.1 Å². The first-order chi connectivity index (χ1) is 9.89. The normalized spacial score (nSPS) is 26.5. The van der Waals surface area contributed by atoms with Crippen LogP contribution >= 0.6 is 15.9 Å². The van der Waals surface area contributed by atoms with Crippen LogP contribution in [-0.4, -0.2) is 44.8 Å². The van der Waals surface area contributed by atoms with Gasteiger partial charge in [-0.1, -0.05) is 15.9 Å². The largest absolute Gasteiger partial charge is 0.521 e. The van der Waals surface area contributed by atoms with Crippen molar-refractivity contribution in [3.05, 3.63) is 24.2 Å². The van der Waals surface area contributed by atoms with Gasteiger partial charge in [0, 0.05) is 12.8 Å². The van der Waals surface area contributed by atoms with Crippen molar-refractivity contribution in [3.8, 4) is 0 Å². The number of carbonyl (C=O) groups is 3. The fraction of sp³-hybridized carbons (Fsp3) is 0.500. The lowest BCUT2D eigenvalue weighted by Crippen LogP contribution is -2.59. The summed E-state index contributed by atoms with van der Waals surface area (Å²) in [5.74, 6) is -0.654. The summed E-state index contributed by atoms with van der Waals surface area (Å²) in [4.78, 5) is 35.4. The lowest BCUT2D eigenvalue weighted by atomic mass is 10.1. The Morgan fingerprint density at radius 1 is 1.52 bits per heavy atom. The molecular formula is C14H17BrNO5+. The van der Waals surface area contributed by atoms with Crippen LogP contribution in [0.1, 0.15) is 36.7 Å². The van der Waals surface area contributed by atoms with Gasteiger partial charge in [-0.05, 0) is 19.1 Å². The van der Waals surface area contributed by atoms with Gasteiger partial charge in [-0.3, -0.25) is 4.79 Å². The number of ketones is 1. The van der Waals surface area contributed by atoms with E-state index in [1.54, 1.807) is 13.0 Å². The van der Waals surface area contributed by atoms with Gasteiger partial charge in [-0.25, -0.2) is 4.79 Å². The average molecular weight is 359 g/mol. The van der Waals surface area contributed by atoms with E-state index in [0.717, 1.165) is 0 Å². The molecule has 7 heteroatoms. The first-order valence-electron chi connectivity index (χ1n) is 6.76. The Morgan fingerprint density at radius 3 is 2.71 bits per heavy atom. The second-order valence-electron chi connectivity index (χ2n) is 5.27. The number of carbonyl (C=O) groups excluding carboxylic acids is 2. The monoisotopic (exact) mass is 358 g/mol. The molecule has 1 aliphatic rings. The standard InChI is InChI=1S/C14H16BrNO5/c1-9-4-2-6-16(9,14(19)20)12(17)8-10(15)13(18)11-5-3-7-21-11/h3,5,7,9-10H,2,4,6,8H2,1H3/p+1/t9-,10?,16?/m1/s1. The van der Waals surface area contributed by atoms with Crippen LogP contribution in [0, 0.1) is 0 Å². The summed E-state index contributed by atoms with van der Waals surface area (Å²) in [5, 5.41) is 9.47. The van der Waals surface area contributed by atoms with E-state index in [1.807, 2.05) is 0 Å². The SMILES string of the molecule is C[C@@H]1CCC[N+]1(C(=O)O)C(=O)CC(Br)C(=O)c1ccco1. The van der Waals surface area contributed by atoms with Crippen molar-refractivity contribution < 1.29 is 28.4 Å². The maximum Gasteiger partial charge on any atom is 0.521 e. The minimum atomic E-state index is -1.14. The summed E-state index contributed by atoms with van der Waals surface area (Å²) >= 11 is 3.17. The van der Waals surface area contributed by atoms with E-state index in [1.165, 1.54) is 12.3 Å². The van der Waals surface area contributed by atoms with Crippen LogP contribution in [0.5, 0.6) is 0 Å². The molecule has 0 saturated carbocycles. The Bertz CT molecular complexity index is 556. The van der Waals surface area contributed by atoms with Gasteiger partial charge >= 0.3 is 12.0 Å². The molecule has 6 nitrogen and oxygen atoms in total. The van der Waals surface area contributed by atoms with Gasteiger partial charge in [-0.15, -0.1) is 0 Å². The van der Waals surface area contributed by atoms with E-state index >= 15 is 0 Å². The molecule has 3 atom stereocenters. The third kappa shape index (κ3) is 2.80. The van der Waals surface area contributed by atoms with Crippen LogP contribution in [0.3, 0.4) is 0 Å². The molecule has 2 amide bonds. The molecule has 2 unspecified atom stereocenters. The van der Waals surface area contributed by atoms with Gasteiger partial charge in [0.05, 0.1) is 24.1 Å². The number of rotatable bonds is 4. The lowest BCUT2D eigenvalue weighted by molar-refractivity contribution is -0.792. The molecular weight excluding hydrogens is 342 g/mol. The van der Waals surface area contributed by atoms with Crippen LogP contribution in [0.25, 0.3) is 0 Å². The molecule has 0 bridgehead atoms. The molecule has 2 rings (SSSR count). The highest BCUT2D eigenvalue weighted by Gasteiger charge is 2.53. The average Bonchev–Trinajstić information content (AvgIpc) is 3.06. The Balaban J connectivity index is 2.13. The quantitative estimate of drug-likeness (QED) is 0.508. The van der Waals surface area contributed by atoms with Crippen LogP contribution in [0.15, 0.2) is 22.8 Å². The molecule has 2 heterocycles. The number of likely N-dealkylation sites (tertiary alicyclic amines) is 1. The first-order valence-corrected chi connectivity index (χ1v) is 7.67. The molecule has 1 aromatic heterocycles. The van der Waals surface area contributed by atoms with Crippen LogP contribution in [0.2, 0.25) is 0 Å². The number of hydrogen-bond acceptors (Lipinski definition) is 4. The zero-order valence-electron chi connectivity index (χ0n) is 11.6. The predicted molar refractivity (Wildman–Crippen MR) is 77.2 cm³/mol. The number of hydrogen-bond donors (Lipinski definition) is 1. The second kappa shape index (κ2) is 6.11. The minimum absolute atomic E-state index is 0.154. The molecule has 1 fully saturated rings. The molecule has 114 valence electrons. The summed E-state index contributed by atoms with van der Waals surface area (Å²) in [5.41, 5.74) is 0. The van der Waals surface area contributed by atoms with E-state index in [0.29, 0.717) is 12.8 Å². The molecule has 0 aliphatic carbocycles. The minimum Gasteiger partial charge on any atom is -0.461 e. The summed E-state index contributed by atoms with van der Waals surface area (Å²) in [6.07, 6.45) is 1.45. The summed E-state index contributed by atoms with van der Waals surface area (Å²) in [6.45, 7) is 2.04. The number of carboxylic acid groups (broad SMARTS) is 1. The lowest BCUT2D eigenvalue weighted by Gasteiger charge is -2.30. The van der Waals surface area contributed by atoms with E-state index < -0.39 is 21.3 Å². The summed E-state index contributed by atoms with van der Waals surface area (Å²) in [6, 6.07) is 2.83. The maximum absolute atomic E-state index is 12.5. The zero-order valence-corrected chi connectivity index (χ0v) is 13.2. The van der Waals surface area contributed by atoms with Crippen molar-refractivity contribution >= 4 is 33.7 Å². The second-order valence-corrected chi connectivity index (χ2v) is 6.38. The Morgan fingerprint density at radius 2 is 2.24 bits per heavy atom. The van der Waals surface area contributed by atoms with Crippen LogP contribution < -0.4 is 0 Å². The number of amides is 2. The third-order valence-corrected chi connectivity index (χ3v) is 4.81. The third-order valence-electron chi connectivity index (χ3n) is 4.07. The fourth-order valence-electron chi connectivity index (χ4n) is 2.82. The summed E-state index contributed by atoms with van der Waals surface area (Å²) in [7, 11) is 0. The highest BCUT2D eigenvalue weighted by molar-refractivity contribution is 9.10. The number of nitrogens with zero attached hydrogens (tertiary/aromatic N) is 1. The Kier molecular flexibility index (Phi) is 4.63. The number of halogens is 1. The van der Waals surface area contributed by atoms with E-state index in [4.69, 9.17) is 4.42 Å². The van der Waals surface area contributed by atoms with Gasteiger partial charge in [-0.2, -0.15) is 9.28 Å². The molecule has 1 aliphatic heterocycles. The number of imide groups is 1. The number of Topliss-reactive ketones (excluding diaryl/α,β-unsaturated/α-hetero) is 1. The predicted octanol–water partition coefficient (Wildman–Crippen LogP) is 2.82. The molecule has 21 heavy (non-hydrogen) atoms. The maximum atomic E-state index is 12.5. The highest BCUT2D eigenvalue weighted by Crippen LogP contribution is 2.30. The first kappa shape index (κ1) is 15.9. The topological polar surface area (TPSA) is 84.6 Å². The van der Waals surface area contributed by atoms with E-state index in [9.17, 15) is 19.5 Å². The van der Waals surface area contributed by atoms with Crippen LogP contribution in [0.4, 0.5) is 4.79 Å².